The van der Waals surface area contributed by atoms with E-state index in [-0.39, 0.29) is 24.4 Å². The third-order valence-corrected chi connectivity index (χ3v) is 2.43. The van der Waals surface area contributed by atoms with Crippen LogP contribution in [0.4, 0.5) is 9.18 Å². The summed E-state index contributed by atoms with van der Waals surface area (Å²) in [6.45, 7) is 5.64. The van der Waals surface area contributed by atoms with E-state index >= 15 is 0 Å². The van der Waals surface area contributed by atoms with Gasteiger partial charge in [0.05, 0.1) is 6.54 Å². The smallest absolute Gasteiger partial charge is 0.407 e. The third-order valence-electron chi connectivity index (χ3n) is 2.43. The number of fused-ring (bicyclic) bond motifs is 1. The highest BCUT2D eigenvalue weighted by molar-refractivity contribution is 5.82. The fourth-order valence-corrected chi connectivity index (χ4v) is 1.64. The summed E-state index contributed by atoms with van der Waals surface area (Å²) in [5, 5.41) is 6.37. The van der Waals surface area contributed by atoms with Crippen LogP contribution in [-0.4, -0.2) is 30.0 Å². The van der Waals surface area contributed by atoms with Crippen molar-refractivity contribution in [3.63, 3.8) is 0 Å². The van der Waals surface area contributed by atoms with Gasteiger partial charge in [0, 0.05) is 0 Å². The van der Waals surface area contributed by atoms with E-state index in [1.807, 2.05) is 0 Å². The van der Waals surface area contributed by atoms with Crippen LogP contribution in [0.5, 0.6) is 5.88 Å². The number of rotatable bonds is 4. The largest absolute Gasteiger partial charge is 0.473 e. The second-order valence-corrected chi connectivity index (χ2v) is 5.38. The van der Waals surface area contributed by atoms with E-state index in [4.69, 9.17) is 14.0 Å². The van der Waals surface area contributed by atoms with Crippen molar-refractivity contribution in [1.29, 1.82) is 0 Å². The number of hydrogen-bond donors (Lipinski definition) is 1. The Kier molecular flexibility index (Phi) is 4.30. The summed E-state index contributed by atoms with van der Waals surface area (Å²) < 4.78 is 29.0. The number of aromatic nitrogens is 1. The molecule has 0 unspecified atom stereocenters. The first kappa shape index (κ1) is 15.1. The summed E-state index contributed by atoms with van der Waals surface area (Å²) in [5.74, 6) is -0.405. The number of alkyl carbamates (subject to hydrolysis) is 1. The molecule has 2 aromatic rings. The summed E-state index contributed by atoms with van der Waals surface area (Å²) in [6, 6.07) is 4.42. The summed E-state index contributed by atoms with van der Waals surface area (Å²) in [7, 11) is 0. The fourth-order valence-electron chi connectivity index (χ4n) is 1.64. The maximum absolute atomic E-state index is 13.6. The van der Waals surface area contributed by atoms with Gasteiger partial charge in [-0.1, -0.05) is 6.07 Å². The SMILES string of the molecule is CC(C)(C)OC(=O)NCCOc1noc2cccc(F)c12. The molecule has 1 heterocycles. The van der Waals surface area contributed by atoms with Gasteiger partial charge in [-0.05, 0) is 38.1 Å². The molecule has 6 nitrogen and oxygen atoms in total. The van der Waals surface area contributed by atoms with Gasteiger partial charge >= 0.3 is 6.09 Å². The minimum Gasteiger partial charge on any atom is -0.473 e. The molecular weight excluding hydrogens is 279 g/mol. The van der Waals surface area contributed by atoms with Gasteiger partial charge < -0.3 is 19.3 Å². The molecule has 0 saturated heterocycles. The molecule has 0 aliphatic carbocycles. The van der Waals surface area contributed by atoms with Crippen molar-refractivity contribution in [3.8, 4) is 5.88 Å². The first-order chi connectivity index (χ1) is 9.87. The number of hydrogen-bond acceptors (Lipinski definition) is 5. The highest BCUT2D eigenvalue weighted by Crippen LogP contribution is 2.27. The zero-order valence-electron chi connectivity index (χ0n) is 12.1. The molecule has 1 aromatic carbocycles. The molecule has 0 spiro atoms. The van der Waals surface area contributed by atoms with Gasteiger partial charge in [-0.25, -0.2) is 9.18 Å². The maximum atomic E-state index is 13.6. The molecule has 114 valence electrons. The van der Waals surface area contributed by atoms with E-state index in [1.54, 1.807) is 26.8 Å². The van der Waals surface area contributed by atoms with Gasteiger partial charge in [-0.2, -0.15) is 0 Å². The van der Waals surface area contributed by atoms with E-state index < -0.39 is 17.5 Å². The van der Waals surface area contributed by atoms with Crippen LogP contribution in [0.3, 0.4) is 0 Å². The van der Waals surface area contributed by atoms with E-state index in [0.717, 1.165) is 0 Å². The van der Waals surface area contributed by atoms with Crippen LogP contribution in [0, 0.1) is 5.82 Å². The molecule has 1 N–H and O–H groups in total. The number of benzene rings is 1. The average Bonchev–Trinajstić information content (AvgIpc) is 2.77. The number of nitrogens with one attached hydrogen (secondary N) is 1. The van der Waals surface area contributed by atoms with Gasteiger partial charge in [-0.15, -0.1) is 0 Å². The lowest BCUT2D eigenvalue weighted by atomic mass is 10.2. The van der Waals surface area contributed by atoms with Crippen molar-refractivity contribution >= 4 is 17.1 Å². The minimum atomic E-state index is -0.559. The fraction of sp³-hybridized carbons (Fsp3) is 0.429. The van der Waals surface area contributed by atoms with Crippen LogP contribution in [0.15, 0.2) is 22.7 Å². The van der Waals surface area contributed by atoms with Crippen molar-refractivity contribution in [2.75, 3.05) is 13.2 Å². The lowest BCUT2D eigenvalue weighted by molar-refractivity contribution is 0.0519. The first-order valence-corrected chi connectivity index (χ1v) is 6.50. The Morgan fingerprint density at radius 1 is 1.43 bits per heavy atom. The third kappa shape index (κ3) is 4.08. The molecular formula is C14H17FN2O4. The first-order valence-electron chi connectivity index (χ1n) is 6.50. The lowest BCUT2D eigenvalue weighted by Crippen LogP contribution is -2.34. The molecule has 0 atom stereocenters. The standard InChI is InChI=1S/C14H17FN2O4/c1-14(2,3)20-13(18)16-7-8-19-12-11-9(15)5-4-6-10(11)21-17-12/h4-6H,7-8H2,1-3H3,(H,16,18). The van der Waals surface area contributed by atoms with Crippen molar-refractivity contribution in [3.05, 3.63) is 24.0 Å². The van der Waals surface area contributed by atoms with Crippen LogP contribution in [-0.2, 0) is 4.74 Å². The number of amides is 1. The molecule has 0 aliphatic rings. The van der Waals surface area contributed by atoms with E-state index in [1.165, 1.54) is 12.1 Å². The predicted molar refractivity (Wildman–Crippen MR) is 73.7 cm³/mol. The molecule has 1 amide bonds. The van der Waals surface area contributed by atoms with Crippen LogP contribution in [0.25, 0.3) is 11.0 Å². The monoisotopic (exact) mass is 296 g/mol. The molecule has 0 bridgehead atoms. The highest BCUT2D eigenvalue weighted by atomic mass is 19.1. The zero-order valence-corrected chi connectivity index (χ0v) is 12.1. The Balaban J connectivity index is 1.85. The van der Waals surface area contributed by atoms with Gasteiger partial charge in [0.2, 0.25) is 0 Å². The van der Waals surface area contributed by atoms with Crippen molar-refractivity contribution in [1.82, 2.24) is 10.5 Å². The number of halogens is 1. The topological polar surface area (TPSA) is 73.6 Å². The number of carbonyl (C=O) groups is 1. The highest BCUT2D eigenvalue weighted by Gasteiger charge is 2.16. The Labute approximate surface area is 121 Å². The summed E-state index contributed by atoms with van der Waals surface area (Å²) in [6.07, 6.45) is -0.540. The Bertz CT molecular complexity index is 633. The second kappa shape index (κ2) is 5.99. The second-order valence-electron chi connectivity index (χ2n) is 5.38. The van der Waals surface area contributed by atoms with E-state index in [2.05, 4.69) is 10.5 Å². The molecule has 21 heavy (non-hydrogen) atoms. The van der Waals surface area contributed by atoms with Crippen molar-refractivity contribution in [2.24, 2.45) is 0 Å². The quantitative estimate of drug-likeness (QED) is 0.878. The lowest BCUT2D eigenvalue weighted by Gasteiger charge is -2.19. The minimum absolute atomic E-state index is 0.0640. The molecule has 0 saturated carbocycles. The molecule has 0 radical (unpaired) electrons. The predicted octanol–water partition coefficient (Wildman–Crippen LogP) is 2.87. The van der Waals surface area contributed by atoms with Gasteiger partial charge in [0.1, 0.15) is 23.4 Å². The number of ether oxygens (including phenoxy) is 2. The normalized spacial score (nSPS) is 11.4. The van der Waals surface area contributed by atoms with Crippen LogP contribution in [0.2, 0.25) is 0 Å². The van der Waals surface area contributed by atoms with Crippen LogP contribution < -0.4 is 10.1 Å². The van der Waals surface area contributed by atoms with Crippen molar-refractivity contribution in [2.45, 2.75) is 26.4 Å². The van der Waals surface area contributed by atoms with Crippen molar-refractivity contribution < 1.29 is 23.2 Å². The molecule has 0 fully saturated rings. The summed E-state index contributed by atoms with van der Waals surface area (Å²) >= 11 is 0. The summed E-state index contributed by atoms with van der Waals surface area (Å²) in [4.78, 5) is 11.4. The maximum Gasteiger partial charge on any atom is 0.407 e. The van der Waals surface area contributed by atoms with E-state index in [9.17, 15) is 9.18 Å². The van der Waals surface area contributed by atoms with Crippen LogP contribution >= 0.6 is 0 Å². The molecule has 1 aromatic heterocycles. The number of nitrogens with zero attached hydrogens (tertiary/aromatic N) is 1. The van der Waals surface area contributed by atoms with Gasteiger partial charge in [-0.3, -0.25) is 0 Å². The van der Waals surface area contributed by atoms with Gasteiger partial charge in [0.25, 0.3) is 5.88 Å². The summed E-state index contributed by atoms with van der Waals surface area (Å²) in [5.41, 5.74) is -0.249. The molecule has 2 rings (SSSR count). The average molecular weight is 296 g/mol. The zero-order chi connectivity index (χ0) is 15.5. The van der Waals surface area contributed by atoms with Gasteiger partial charge in [0.15, 0.2) is 5.58 Å². The Hall–Kier alpha value is -2.31. The molecule has 7 heteroatoms. The number of carbonyl (C=O) groups excluding carboxylic acids is 1. The Morgan fingerprint density at radius 2 is 2.19 bits per heavy atom. The molecule has 0 aliphatic heterocycles. The van der Waals surface area contributed by atoms with Crippen LogP contribution in [0.1, 0.15) is 20.8 Å². The Morgan fingerprint density at radius 3 is 2.90 bits per heavy atom. The van der Waals surface area contributed by atoms with E-state index in [0.29, 0.717) is 5.58 Å².